The monoisotopic (exact) mass is 870 g/mol. The minimum atomic E-state index is -0.630. The van der Waals surface area contributed by atoms with Gasteiger partial charge in [-0.2, -0.15) is 4.98 Å². The molecule has 0 spiro atoms. The fourth-order valence-electron chi connectivity index (χ4n) is 8.77. The van der Waals surface area contributed by atoms with Gasteiger partial charge in [-0.05, 0) is 105 Å². The van der Waals surface area contributed by atoms with Crippen molar-refractivity contribution in [2.24, 2.45) is 5.92 Å². The molecule has 6 N–H and O–H groups in total. The molecule has 3 aliphatic heterocycles. The zero-order valence-corrected chi connectivity index (χ0v) is 35.9. The molecule has 4 aliphatic rings. The van der Waals surface area contributed by atoms with Crippen LogP contribution < -0.4 is 36.8 Å². The van der Waals surface area contributed by atoms with E-state index in [4.69, 9.17) is 11.6 Å². The van der Waals surface area contributed by atoms with Gasteiger partial charge in [0.05, 0.1) is 17.4 Å². The van der Waals surface area contributed by atoms with Crippen LogP contribution in [0, 0.1) is 17.8 Å². The average molecular weight is 871 g/mol. The number of benzene rings is 3. The van der Waals surface area contributed by atoms with Crippen LogP contribution in [0.3, 0.4) is 0 Å². The van der Waals surface area contributed by atoms with Crippen LogP contribution in [0.4, 0.5) is 28.8 Å². The maximum Gasteiger partial charge on any atom is 0.255 e. The van der Waals surface area contributed by atoms with Crippen molar-refractivity contribution in [1.82, 2.24) is 36.1 Å². The van der Waals surface area contributed by atoms with Gasteiger partial charge < -0.3 is 36.4 Å². The average Bonchev–Trinajstić information content (AvgIpc) is 3.62. The van der Waals surface area contributed by atoms with Crippen LogP contribution >= 0.6 is 11.6 Å². The number of nitrogens with one attached hydrogen (secondary N) is 6. The first-order chi connectivity index (χ1) is 30.6. The number of amides is 5. The van der Waals surface area contributed by atoms with E-state index in [1.165, 1.54) is 6.20 Å². The van der Waals surface area contributed by atoms with E-state index in [-0.39, 0.29) is 42.0 Å². The zero-order valence-electron chi connectivity index (χ0n) is 35.1. The molecule has 1 aromatic heterocycles. The van der Waals surface area contributed by atoms with Crippen molar-refractivity contribution in [2.75, 3.05) is 42.2 Å². The minimum Gasteiger partial charge on any atom is -0.371 e. The summed E-state index contributed by atoms with van der Waals surface area (Å²) in [5.74, 6) is 6.22. The third-order valence-corrected chi connectivity index (χ3v) is 12.5. The van der Waals surface area contributed by atoms with Crippen LogP contribution in [0.25, 0.3) is 0 Å². The first-order valence-electron chi connectivity index (χ1n) is 21.6. The standard InChI is InChI=1S/C47H51ClN10O5/c1-49-44(61)37-7-2-3-8-39(37)54-42-38(48)27-51-47(56-42)53-34-14-16-35(17-15-34)57-24-21-30(22-25-57)43(60)52-33-12-10-32(11-13-33)50-23-5-4-6-29-9-18-36-31(26-29)28-58(46(36)63)40-19-20-41(59)55-45(40)62/h2-3,7-9,14-18,26-27,30,32-33,40,50H,5,10-13,19-25,28H2,1H3,(H,49,61)(H,52,60)(H,55,59,62)(H2,51,53,54,56). The number of carbonyl (C=O) groups excluding carboxylic acids is 5. The fourth-order valence-corrected chi connectivity index (χ4v) is 8.91. The number of nitrogens with zero attached hydrogens (tertiary/aromatic N) is 4. The molecule has 16 heteroatoms. The lowest BCUT2D eigenvalue weighted by molar-refractivity contribution is -0.137. The molecule has 3 fully saturated rings. The summed E-state index contributed by atoms with van der Waals surface area (Å²) in [6, 6.07) is 20.7. The van der Waals surface area contributed by atoms with Crippen LogP contribution in [0.1, 0.15) is 89.6 Å². The Morgan fingerprint density at radius 3 is 2.43 bits per heavy atom. The summed E-state index contributed by atoms with van der Waals surface area (Å²) in [5.41, 5.74) is 5.19. The molecule has 8 rings (SSSR count). The van der Waals surface area contributed by atoms with Crippen molar-refractivity contribution >= 4 is 70.0 Å². The van der Waals surface area contributed by atoms with E-state index in [9.17, 15) is 24.0 Å². The number of aromatic nitrogens is 2. The van der Waals surface area contributed by atoms with Crippen LogP contribution in [-0.2, 0) is 20.9 Å². The summed E-state index contributed by atoms with van der Waals surface area (Å²) in [6.45, 7) is 2.70. The first kappa shape index (κ1) is 43.2. The Bertz CT molecular complexity index is 2440. The Hall–Kier alpha value is -6.50. The van der Waals surface area contributed by atoms with Gasteiger partial charge in [0.15, 0.2) is 5.82 Å². The normalized spacial score (nSPS) is 20.0. The molecule has 2 saturated heterocycles. The van der Waals surface area contributed by atoms with Crippen molar-refractivity contribution in [3.63, 3.8) is 0 Å². The first-order valence-corrected chi connectivity index (χ1v) is 22.0. The zero-order chi connectivity index (χ0) is 43.9. The maximum atomic E-state index is 13.3. The lowest BCUT2D eigenvalue weighted by Crippen LogP contribution is -2.52. The van der Waals surface area contributed by atoms with Crippen molar-refractivity contribution in [2.45, 2.75) is 82.5 Å². The SMILES string of the molecule is CNC(=O)c1ccccc1Nc1nc(Nc2ccc(N3CCC(C(=O)NC4CCC(NCCC#Cc5ccc6c(c5)CN(C5CCC(=O)NC5=O)C6=O)CC4)CC3)cc2)ncc1Cl. The number of carbonyl (C=O) groups is 5. The molecule has 15 nitrogen and oxygen atoms in total. The summed E-state index contributed by atoms with van der Waals surface area (Å²) < 4.78 is 0. The molecule has 1 aliphatic carbocycles. The molecule has 5 amide bonds. The molecule has 326 valence electrons. The fraction of sp³-hybridized carbons (Fsp3) is 0.383. The second kappa shape index (κ2) is 19.7. The maximum absolute atomic E-state index is 13.3. The minimum absolute atomic E-state index is 0.000211. The molecule has 1 unspecified atom stereocenters. The highest BCUT2D eigenvalue weighted by molar-refractivity contribution is 6.33. The van der Waals surface area contributed by atoms with Gasteiger partial charge in [0, 0.05) is 86.6 Å². The van der Waals surface area contributed by atoms with Crippen LogP contribution in [0.5, 0.6) is 0 Å². The van der Waals surface area contributed by atoms with Gasteiger partial charge in [-0.3, -0.25) is 29.3 Å². The third kappa shape index (κ3) is 10.4. The Balaban J connectivity index is 0.726. The van der Waals surface area contributed by atoms with Crippen molar-refractivity contribution in [3.8, 4) is 11.8 Å². The van der Waals surface area contributed by atoms with E-state index < -0.39 is 11.9 Å². The van der Waals surface area contributed by atoms with Crippen molar-refractivity contribution in [3.05, 3.63) is 100 Å². The molecule has 1 atom stereocenters. The summed E-state index contributed by atoms with van der Waals surface area (Å²) in [7, 11) is 1.58. The summed E-state index contributed by atoms with van der Waals surface area (Å²) in [5, 5.41) is 18.7. The van der Waals surface area contributed by atoms with E-state index in [1.54, 1.807) is 36.2 Å². The van der Waals surface area contributed by atoms with Crippen molar-refractivity contribution < 1.29 is 24.0 Å². The van der Waals surface area contributed by atoms with E-state index in [0.29, 0.717) is 59.0 Å². The molecule has 4 heterocycles. The number of para-hydroxylation sites is 1. The second-order valence-electron chi connectivity index (χ2n) is 16.4. The van der Waals surface area contributed by atoms with Crippen LogP contribution in [0.2, 0.25) is 5.02 Å². The van der Waals surface area contributed by atoms with Gasteiger partial charge in [-0.25, -0.2) is 4.98 Å². The van der Waals surface area contributed by atoms with Crippen LogP contribution in [0.15, 0.2) is 72.9 Å². The highest BCUT2D eigenvalue weighted by atomic mass is 35.5. The molecule has 1 saturated carbocycles. The molecule has 4 aromatic rings. The summed E-state index contributed by atoms with van der Waals surface area (Å²) in [6.07, 6.45) is 8.25. The molecule has 0 radical (unpaired) electrons. The largest absolute Gasteiger partial charge is 0.371 e. The number of hydrogen-bond acceptors (Lipinski definition) is 11. The van der Waals surface area contributed by atoms with Gasteiger partial charge >= 0.3 is 0 Å². The number of hydrogen-bond donors (Lipinski definition) is 6. The highest BCUT2D eigenvalue weighted by Gasteiger charge is 2.39. The molecule has 3 aromatic carbocycles. The van der Waals surface area contributed by atoms with Gasteiger partial charge in [0.2, 0.25) is 23.7 Å². The topological polar surface area (TPSA) is 190 Å². The van der Waals surface area contributed by atoms with Crippen LogP contribution in [-0.4, -0.2) is 89.2 Å². The number of imide groups is 1. The smallest absolute Gasteiger partial charge is 0.255 e. The highest BCUT2D eigenvalue weighted by Crippen LogP contribution is 2.31. The number of rotatable bonds is 12. The van der Waals surface area contributed by atoms with Crippen molar-refractivity contribution in [1.29, 1.82) is 0 Å². The predicted octanol–water partition coefficient (Wildman–Crippen LogP) is 5.41. The van der Waals surface area contributed by atoms with E-state index >= 15 is 0 Å². The van der Waals surface area contributed by atoms with Gasteiger partial charge in [0.1, 0.15) is 11.1 Å². The number of fused-ring (bicyclic) bond motifs is 1. The lowest BCUT2D eigenvalue weighted by Gasteiger charge is -2.35. The Kier molecular flexibility index (Phi) is 13.5. The van der Waals surface area contributed by atoms with Gasteiger partial charge in [-0.1, -0.05) is 35.6 Å². The summed E-state index contributed by atoms with van der Waals surface area (Å²) in [4.78, 5) is 75.3. The third-order valence-electron chi connectivity index (χ3n) is 12.3. The number of piperidine rings is 2. The van der Waals surface area contributed by atoms with Gasteiger partial charge in [-0.15, -0.1) is 0 Å². The lowest BCUT2D eigenvalue weighted by atomic mass is 9.89. The number of anilines is 5. The molecule has 0 bridgehead atoms. The summed E-state index contributed by atoms with van der Waals surface area (Å²) >= 11 is 6.41. The molecular weight excluding hydrogens is 820 g/mol. The molecular formula is C47H51ClN10O5. The van der Waals surface area contributed by atoms with E-state index in [2.05, 4.69) is 70.7 Å². The number of halogens is 1. The molecule has 63 heavy (non-hydrogen) atoms. The quantitative estimate of drug-likeness (QED) is 0.0607. The van der Waals surface area contributed by atoms with E-state index in [0.717, 1.165) is 80.7 Å². The Morgan fingerprint density at radius 1 is 0.905 bits per heavy atom. The Morgan fingerprint density at radius 2 is 1.67 bits per heavy atom. The van der Waals surface area contributed by atoms with Gasteiger partial charge in [0.25, 0.3) is 11.8 Å². The Labute approximate surface area is 371 Å². The van der Waals surface area contributed by atoms with E-state index in [1.807, 2.05) is 30.3 Å². The predicted molar refractivity (Wildman–Crippen MR) is 241 cm³/mol. The second-order valence-corrected chi connectivity index (χ2v) is 16.8.